The molecule has 128 valence electrons. The molecule has 2 aromatic rings. The lowest BCUT2D eigenvalue weighted by atomic mass is 10.2. The van der Waals surface area contributed by atoms with Gasteiger partial charge >= 0.3 is 6.03 Å². The Bertz CT molecular complexity index is 686. The van der Waals surface area contributed by atoms with Gasteiger partial charge in [-0.1, -0.05) is 6.07 Å². The number of benzene rings is 1. The van der Waals surface area contributed by atoms with Crippen molar-refractivity contribution in [3.63, 3.8) is 0 Å². The van der Waals surface area contributed by atoms with Crippen LogP contribution in [0.4, 0.5) is 16.3 Å². The fourth-order valence-electron chi connectivity index (χ4n) is 2.62. The van der Waals surface area contributed by atoms with Crippen LogP contribution < -0.4 is 19.7 Å². The lowest BCUT2D eigenvalue weighted by molar-refractivity contribution is 0.208. The summed E-state index contributed by atoms with van der Waals surface area (Å²) in [4.78, 5) is 16.4. The van der Waals surface area contributed by atoms with Gasteiger partial charge in [-0.05, 0) is 12.1 Å². The number of methoxy groups -OCH3 is 2. The maximum Gasteiger partial charge on any atom is 0.322 e. The highest BCUT2D eigenvalue weighted by atomic mass is 32.1. The Hall–Kier alpha value is -2.55. The molecule has 1 fully saturated rings. The number of urea groups is 1. The summed E-state index contributed by atoms with van der Waals surface area (Å²) in [6, 6.07) is 5.23. The number of rotatable bonds is 4. The molecule has 2 amide bonds. The van der Waals surface area contributed by atoms with E-state index in [9.17, 15) is 4.79 Å². The molecule has 1 aliphatic heterocycles. The van der Waals surface area contributed by atoms with Crippen LogP contribution in [-0.2, 0) is 0 Å². The van der Waals surface area contributed by atoms with Crippen molar-refractivity contribution in [2.45, 2.75) is 0 Å². The maximum absolute atomic E-state index is 12.5. The van der Waals surface area contributed by atoms with Crippen molar-refractivity contribution < 1.29 is 14.3 Å². The third kappa shape index (κ3) is 3.35. The normalized spacial score (nSPS) is 14.4. The van der Waals surface area contributed by atoms with Crippen LogP contribution >= 0.6 is 11.7 Å². The molecule has 0 saturated carbocycles. The largest absolute Gasteiger partial charge is 0.493 e. The van der Waals surface area contributed by atoms with Crippen LogP contribution in [0.1, 0.15) is 0 Å². The number of hydrogen-bond acceptors (Lipinski definition) is 7. The quantitative estimate of drug-likeness (QED) is 0.908. The molecule has 0 atom stereocenters. The Balaban J connectivity index is 1.62. The van der Waals surface area contributed by atoms with Gasteiger partial charge in [0.05, 0.1) is 37.8 Å². The van der Waals surface area contributed by atoms with Gasteiger partial charge in [0.15, 0.2) is 17.3 Å². The highest BCUT2D eigenvalue weighted by Crippen LogP contribution is 2.34. The lowest BCUT2D eigenvalue weighted by Gasteiger charge is -2.34. The van der Waals surface area contributed by atoms with Crippen molar-refractivity contribution in [3.8, 4) is 11.5 Å². The number of amides is 2. The molecule has 0 spiro atoms. The van der Waals surface area contributed by atoms with E-state index in [-0.39, 0.29) is 6.03 Å². The van der Waals surface area contributed by atoms with Crippen LogP contribution in [0, 0.1) is 0 Å². The van der Waals surface area contributed by atoms with Gasteiger partial charge in [-0.15, -0.1) is 0 Å². The van der Waals surface area contributed by atoms with E-state index < -0.39 is 0 Å². The molecule has 3 rings (SSSR count). The first-order chi connectivity index (χ1) is 11.7. The second kappa shape index (κ2) is 7.35. The number of nitrogens with one attached hydrogen (secondary N) is 1. The molecule has 0 bridgehead atoms. The van der Waals surface area contributed by atoms with Crippen molar-refractivity contribution in [3.05, 3.63) is 24.4 Å². The van der Waals surface area contributed by atoms with Crippen LogP contribution in [-0.4, -0.2) is 60.1 Å². The van der Waals surface area contributed by atoms with Crippen molar-refractivity contribution in [2.24, 2.45) is 0 Å². The number of hydrogen-bond donors (Lipinski definition) is 1. The summed E-state index contributed by atoms with van der Waals surface area (Å²) < 4.78 is 18.8. The average molecular weight is 349 g/mol. The monoisotopic (exact) mass is 349 g/mol. The molecule has 1 N–H and O–H groups in total. The van der Waals surface area contributed by atoms with Crippen LogP contribution in [0.3, 0.4) is 0 Å². The van der Waals surface area contributed by atoms with E-state index in [1.165, 1.54) is 11.7 Å². The van der Waals surface area contributed by atoms with Crippen molar-refractivity contribution in [2.75, 3.05) is 50.6 Å². The van der Waals surface area contributed by atoms with Crippen LogP contribution in [0.2, 0.25) is 0 Å². The number of ether oxygens (including phenoxy) is 2. The van der Waals surface area contributed by atoms with Gasteiger partial charge in [0.1, 0.15) is 0 Å². The molecule has 9 heteroatoms. The zero-order chi connectivity index (χ0) is 16.9. The van der Waals surface area contributed by atoms with Crippen LogP contribution in [0.25, 0.3) is 0 Å². The number of nitrogens with zero attached hydrogens (tertiary/aromatic N) is 4. The minimum atomic E-state index is -0.155. The van der Waals surface area contributed by atoms with E-state index in [2.05, 4.69) is 19.0 Å². The Morgan fingerprint density at radius 2 is 2.00 bits per heavy atom. The second-order valence-corrected chi connectivity index (χ2v) is 5.77. The highest BCUT2D eigenvalue weighted by Gasteiger charge is 2.23. The predicted octanol–water partition coefficient (Wildman–Crippen LogP) is 1.91. The molecule has 8 nitrogen and oxygen atoms in total. The van der Waals surface area contributed by atoms with Gasteiger partial charge in [-0.25, -0.2) is 4.79 Å². The van der Waals surface area contributed by atoms with E-state index in [4.69, 9.17) is 9.47 Å². The van der Waals surface area contributed by atoms with Gasteiger partial charge in [-0.2, -0.15) is 8.75 Å². The Morgan fingerprint density at radius 1 is 1.21 bits per heavy atom. The molecular formula is C15H19N5O3S. The molecule has 0 aliphatic carbocycles. The third-order valence-corrected chi connectivity index (χ3v) is 4.35. The molecule has 0 unspecified atom stereocenters. The van der Waals surface area contributed by atoms with Gasteiger partial charge in [0, 0.05) is 26.2 Å². The minimum Gasteiger partial charge on any atom is -0.493 e. The number of piperazine rings is 1. The number of aromatic nitrogens is 2. The fraction of sp³-hybridized carbons (Fsp3) is 0.400. The zero-order valence-electron chi connectivity index (χ0n) is 13.6. The van der Waals surface area contributed by atoms with Gasteiger partial charge in [0.2, 0.25) is 0 Å². The van der Waals surface area contributed by atoms with Crippen molar-refractivity contribution >= 4 is 29.3 Å². The number of carbonyl (C=O) groups is 1. The summed E-state index contributed by atoms with van der Waals surface area (Å²) in [5, 5.41) is 2.89. The standard InChI is InChI=1S/C15H19N5O3S/c1-22-12-5-3-4-11(14(12)23-2)17-15(21)20-8-6-19(7-9-20)13-10-16-24-18-13/h3-5,10H,6-9H2,1-2H3,(H,17,21). The first-order valence-corrected chi connectivity index (χ1v) is 8.25. The molecule has 1 aromatic carbocycles. The SMILES string of the molecule is COc1cccc(NC(=O)N2CCN(c3cnsn3)CC2)c1OC. The van der Waals surface area contributed by atoms with E-state index in [0.29, 0.717) is 30.3 Å². The summed E-state index contributed by atoms with van der Waals surface area (Å²) in [7, 11) is 3.12. The molecule has 1 aliphatic rings. The van der Waals surface area contributed by atoms with Crippen LogP contribution in [0.5, 0.6) is 11.5 Å². The topological polar surface area (TPSA) is 79.8 Å². The van der Waals surface area contributed by atoms with Crippen molar-refractivity contribution in [1.82, 2.24) is 13.6 Å². The Kier molecular flexibility index (Phi) is 4.99. The fourth-order valence-corrected chi connectivity index (χ4v) is 3.05. The first kappa shape index (κ1) is 16.3. The molecule has 1 saturated heterocycles. The average Bonchev–Trinajstić information content (AvgIpc) is 3.16. The highest BCUT2D eigenvalue weighted by molar-refractivity contribution is 6.99. The van der Waals surface area contributed by atoms with E-state index in [1.54, 1.807) is 37.4 Å². The molecule has 0 radical (unpaired) electrons. The zero-order valence-corrected chi connectivity index (χ0v) is 14.4. The molecule has 24 heavy (non-hydrogen) atoms. The van der Waals surface area contributed by atoms with Crippen molar-refractivity contribution in [1.29, 1.82) is 0 Å². The molecule has 1 aromatic heterocycles. The molecular weight excluding hydrogens is 330 g/mol. The third-order valence-electron chi connectivity index (χ3n) is 3.89. The smallest absolute Gasteiger partial charge is 0.322 e. The first-order valence-electron chi connectivity index (χ1n) is 7.52. The van der Waals surface area contributed by atoms with Gasteiger partial charge in [0.25, 0.3) is 0 Å². The predicted molar refractivity (Wildman–Crippen MR) is 92.3 cm³/mol. The van der Waals surface area contributed by atoms with Crippen LogP contribution in [0.15, 0.2) is 24.4 Å². The number of para-hydroxylation sites is 1. The lowest BCUT2D eigenvalue weighted by Crippen LogP contribution is -2.50. The maximum atomic E-state index is 12.5. The van der Waals surface area contributed by atoms with Gasteiger partial charge in [-0.3, -0.25) is 0 Å². The Morgan fingerprint density at radius 3 is 2.62 bits per heavy atom. The summed E-state index contributed by atoms with van der Waals surface area (Å²) in [6.45, 7) is 2.70. The van der Waals surface area contributed by atoms with Gasteiger partial charge < -0.3 is 24.6 Å². The summed E-state index contributed by atoms with van der Waals surface area (Å²) >= 11 is 1.19. The van der Waals surface area contributed by atoms with E-state index >= 15 is 0 Å². The number of anilines is 2. The van der Waals surface area contributed by atoms with E-state index in [1.807, 2.05) is 6.07 Å². The number of carbonyl (C=O) groups excluding carboxylic acids is 1. The summed E-state index contributed by atoms with van der Waals surface area (Å²) in [6.07, 6.45) is 1.75. The van der Waals surface area contributed by atoms with E-state index in [0.717, 1.165) is 18.9 Å². The summed E-state index contributed by atoms with van der Waals surface area (Å²) in [5.41, 5.74) is 0.591. The summed E-state index contributed by atoms with van der Waals surface area (Å²) in [5.74, 6) is 1.96. The molecule has 2 heterocycles. The second-order valence-electron chi connectivity index (χ2n) is 5.21. The minimum absolute atomic E-state index is 0.155. The Labute approximate surface area is 144 Å².